The van der Waals surface area contributed by atoms with E-state index in [9.17, 15) is 0 Å². The normalized spacial score (nSPS) is 10.6. The maximum absolute atomic E-state index is 5.71. The lowest BCUT2D eigenvalue weighted by Crippen LogP contribution is -1.93. The number of aromatic nitrogens is 5. The second-order valence-corrected chi connectivity index (χ2v) is 4.12. The number of nitrogen functional groups attached to an aromatic ring is 1. The van der Waals surface area contributed by atoms with Crippen molar-refractivity contribution in [2.24, 2.45) is 0 Å². The van der Waals surface area contributed by atoms with Crippen LogP contribution in [0.5, 0.6) is 0 Å². The van der Waals surface area contributed by atoms with Crippen LogP contribution in [0.15, 0.2) is 36.9 Å². The van der Waals surface area contributed by atoms with E-state index < -0.39 is 0 Å². The Morgan fingerprint density at radius 2 is 2.18 bits per heavy atom. The van der Waals surface area contributed by atoms with Crippen LogP contribution in [0.2, 0.25) is 0 Å². The minimum absolute atomic E-state index is 0.618. The maximum atomic E-state index is 5.71. The van der Waals surface area contributed by atoms with Crippen LogP contribution in [0.25, 0.3) is 16.5 Å². The van der Waals surface area contributed by atoms with Gasteiger partial charge in [-0.05, 0) is 12.1 Å². The third kappa shape index (κ3) is 1.87. The Morgan fingerprint density at radius 3 is 2.94 bits per heavy atom. The van der Waals surface area contributed by atoms with Gasteiger partial charge in [0, 0.05) is 22.8 Å². The van der Waals surface area contributed by atoms with Gasteiger partial charge in [0.15, 0.2) is 5.82 Å². The summed E-state index contributed by atoms with van der Waals surface area (Å²) in [6, 6.07) is 7.44. The van der Waals surface area contributed by atoms with Crippen molar-refractivity contribution in [2.45, 2.75) is 0 Å². The molecule has 0 fully saturated rings. The molecule has 2 heterocycles. The molecule has 0 bridgehead atoms. The summed E-state index contributed by atoms with van der Waals surface area (Å²) in [5.41, 5.74) is 7.29. The molecule has 84 valence electrons. The first-order valence-corrected chi connectivity index (χ1v) is 5.65. The van der Waals surface area contributed by atoms with Crippen LogP contribution in [0, 0.1) is 0 Å². The van der Waals surface area contributed by atoms with Gasteiger partial charge in [0.1, 0.15) is 12.7 Å². The van der Waals surface area contributed by atoms with Crippen molar-refractivity contribution in [1.82, 2.24) is 24.1 Å². The lowest BCUT2D eigenvalue weighted by Gasteiger charge is -1.96. The van der Waals surface area contributed by atoms with Crippen LogP contribution in [0.1, 0.15) is 0 Å². The average Bonchev–Trinajstić information content (AvgIpc) is 3.00. The summed E-state index contributed by atoms with van der Waals surface area (Å²) in [5.74, 6) is 0.618. The summed E-state index contributed by atoms with van der Waals surface area (Å²) < 4.78 is 5.51. The van der Waals surface area contributed by atoms with Crippen molar-refractivity contribution < 1.29 is 0 Å². The zero-order valence-corrected chi connectivity index (χ0v) is 9.50. The average molecular weight is 244 g/mol. The fraction of sp³-hybridized carbons (Fsp3) is 0. The molecule has 6 nitrogen and oxygen atoms in total. The molecule has 2 aromatic heterocycles. The van der Waals surface area contributed by atoms with Crippen LogP contribution >= 0.6 is 11.5 Å². The van der Waals surface area contributed by atoms with Crippen molar-refractivity contribution in [3.8, 4) is 16.5 Å². The van der Waals surface area contributed by atoms with Crippen LogP contribution in [0.4, 0.5) is 5.69 Å². The summed E-state index contributed by atoms with van der Waals surface area (Å²) in [4.78, 5) is 8.27. The van der Waals surface area contributed by atoms with Gasteiger partial charge in [0.2, 0.25) is 5.13 Å². The lowest BCUT2D eigenvalue weighted by atomic mass is 10.2. The first-order valence-electron chi connectivity index (χ1n) is 4.87. The molecule has 0 saturated heterocycles. The third-order valence-electron chi connectivity index (χ3n) is 2.18. The number of hydrogen-bond donors (Lipinski definition) is 1. The molecule has 0 amide bonds. The number of benzene rings is 1. The zero-order valence-electron chi connectivity index (χ0n) is 8.69. The highest BCUT2D eigenvalue weighted by atomic mass is 32.1. The van der Waals surface area contributed by atoms with Crippen molar-refractivity contribution in [3.63, 3.8) is 0 Å². The van der Waals surface area contributed by atoms with E-state index in [1.807, 2.05) is 24.3 Å². The Balaban J connectivity index is 2.01. The first-order chi connectivity index (χ1) is 8.33. The Kier molecular flexibility index (Phi) is 2.30. The zero-order chi connectivity index (χ0) is 11.7. The van der Waals surface area contributed by atoms with Crippen molar-refractivity contribution in [2.75, 3.05) is 5.73 Å². The van der Waals surface area contributed by atoms with Gasteiger partial charge in [-0.1, -0.05) is 12.1 Å². The van der Waals surface area contributed by atoms with E-state index in [1.165, 1.54) is 17.9 Å². The van der Waals surface area contributed by atoms with Gasteiger partial charge in [-0.15, -0.1) is 5.10 Å². The molecule has 7 heteroatoms. The Hall–Kier alpha value is -2.28. The monoisotopic (exact) mass is 244 g/mol. The molecular formula is C10H8N6S. The van der Waals surface area contributed by atoms with Crippen molar-refractivity contribution >= 4 is 17.2 Å². The smallest absolute Gasteiger partial charge is 0.231 e. The van der Waals surface area contributed by atoms with E-state index >= 15 is 0 Å². The van der Waals surface area contributed by atoms with Gasteiger partial charge >= 0.3 is 0 Å². The quantitative estimate of drug-likeness (QED) is 0.688. The van der Waals surface area contributed by atoms with Gasteiger partial charge in [0.25, 0.3) is 0 Å². The Labute approximate surface area is 101 Å². The van der Waals surface area contributed by atoms with Crippen molar-refractivity contribution in [1.29, 1.82) is 0 Å². The second-order valence-electron chi connectivity index (χ2n) is 3.36. The number of anilines is 1. The standard InChI is InChI=1S/C10H8N6S/c11-8-3-1-2-7(4-8)9-13-6-16(15-9)10-12-5-14-17-10/h1-6H,11H2. The van der Waals surface area contributed by atoms with Crippen LogP contribution in [0.3, 0.4) is 0 Å². The van der Waals surface area contributed by atoms with Crippen LogP contribution in [-0.2, 0) is 0 Å². The van der Waals surface area contributed by atoms with Crippen LogP contribution in [-0.4, -0.2) is 24.1 Å². The topological polar surface area (TPSA) is 82.5 Å². The molecule has 0 radical (unpaired) electrons. The second kappa shape index (κ2) is 3.95. The fourth-order valence-electron chi connectivity index (χ4n) is 1.43. The number of nitrogens with two attached hydrogens (primary N) is 1. The molecule has 0 aliphatic rings. The van der Waals surface area contributed by atoms with E-state index in [-0.39, 0.29) is 0 Å². The molecule has 0 spiro atoms. The molecule has 1 aromatic carbocycles. The molecule has 0 aliphatic heterocycles. The molecule has 3 aromatic rings. The number of hydrogen-bond acceptors (Lipinski definition) is 6. The highest BCUT2D eigenvalue weighted by Gasteiger charge is 2.07. The highest BCUT2D eigenvalue weighted by Crippen LogP contribution is 2.18. The largest absolute Gasteiger partial charge is 0.399 e. The minimum atomic E-state index is 0.618. The number of rotatable bonds is 2. The highest BCUT2D eigenvalue weighted by molar-refractivity contribution is 7.07. The molecule has 0 atom stereocenters. The Morgan fingerprint density at radius 1 is 1.24 bits per heavy atom. The molecule has 2 N–H and O–H groups in total. The van der Waals surface area contributed by atoms with E-state index in [0.29, 0.717) is 16.6 Å². The minimum Gasteiger partial charge on any atom is -0.399 e. The fourth-order valence-corrected chi connectivity index (χ4v) is 1.89. The first kappa shape index (κ1) is 9.91. The molecule has 17 heavy (non-hydrogen) atoms. The molecular weight excluding hydrogens is 236 g/mol. The lowest BCUT2D eigenvalue weighted by molar-refractivity contribution is 0.870. The predicted octanol–water partition coefficient (Wildman–Crippen LogP) is 1.37. The van der Waals surface area contributed by atoms with Gasteiger partial charge < -0.3 is 5.73 Å². The van der Waals surface area contributed by atoms with E-state index in [0.717, 1.165) is 5.56 Å². The van der Waals surface area contributed by atoms with E-state index in [2.05, 4.69) is 19.4 Å². The molecule has 0 unspecified atom stereocenters. The molecule has 0 saturated carbocycles. The van der Waals surface area contributed by atoms with Crippen molar-refractivity contribution in [3.05, 3.63) is 36.9 Å². The molecule has 0 aliphatic carbocycles. The summed E-state index contributed by atoms with van der Waals surface area (Å²) in [6.45, 7) is 0. The summed E-state index contributed by atoms with van der Waals surface area (Å²) in [6.07, 6.45) is 3.10. The summed E-state index contributed by atoms with van der Waals surface area (Å²) in [5, 5.41) is 5.01. The van der Waals surface area contributed by atoms with E-state index in [1.54, 1.807) is 11.0 Å². The summed E-state index contributed by atoms with van der Waals surface area (Å²) >= 11 is 1.26. The van der Waals surface area contributed by atoms with Gasteiger partial charge in [-0.2, -0.15) is 9.06 Å². The summed E-state index contributed by atoms with van der Waals surface area (Å²) in [7, 11) is 0. The Bertz CT molecular complexity index is 630. The maximum Gasteiger partial charge on any atom is 0.231 e. The van der Waals surface area contributed by atoms with E-state index in [4.69, 9.17) is 5.73 Å². The SMILES string of the molecule is Nc1cccc(-c2ncn(-c3ncns3)n2)c1. The van der Waals surface area contributed by atoms with Gasteiger partial charge in [0.05, 0.1) is 0 Å². The molecule has 3 rings (SSSR count). The third-order valence-corrected chi connectivity index (χ3v) is 2.84. The van der Waals surface area contributed by atoms with Crippen LogP contribution < -0.4 is 5.73 Å². The predicted molar refractivity (Wildman–Crippen MR) is 64.7 cm³/mol. The van der Waals surface area contributed by atoms with Gasteiger partial charge in [-0.3, -0.25) is 0 Å². The van der Waals surface area contributed by atoms with Gasteiger partial charge in [-0.25, -0.2) is 9.97 Å². The number of nitrogens with zero attached hydrogens (tertiary/aromatic N) is 5.